The van der Waals surface area contributed by atoms with Crippen molar-refractivity contribution >= 4 is 110 Å². The fourth-order valence-electron chi connectivity index (χ4n) is 5.54. The molecule has 0 aliphatic rings. The number of amides is 1. The van der Waals surface area contributed by atoms with Gasteiger partial charge in [-0.05, 0) is 23.3 Å². The number of anilines is 2. The number of H-pyrrole nitrogens is 1. The molecule has 0 radical (unpaired) electrons. The van der Waals surface area contributed by atoms with Gasteiger partial charge in [0.15, 0.2) is 10.3 Å². The van der Waals surface area contributed by atoms with Crippen molar-refractivity contribution < 1.29 is 35.9 Å². The van der Waals surface area contributed by atoms with E-state index in [0.717, 1.165) is 39.5 Å². The van der Waals surface area contributed by atoms with E-state index < -0.39 is 46.0 Å². The van der Waals surface area contributed by atoms with Crippen LogP contribution in [0.2, 0.25) is 0 Å². The summed E-state index contributed by atoms with van der Waals surface area (Å²) >= 11 is 14.4. The van der Waals surface area contributed by atoms with Gasteiger partial charge in [-0.2, -0.15) is 41.2 Å². The average Bonchev–Trinajstić information content (AvgIpc) is 3.95. The van der Waals surface area contributed by atoms with E-state index in [-0.39, 0.29) is 36.9 Å². The van der Waals surface area contributed by atoms with Crippen LogP contribution in [0, 0.1) is 0 Å². The smallest absolute Gasteiger partial charge is 0.375 e. The van der Waals surface area contributed by atoms with E-state index in [2.05, 4.69) is 30.6 Å². The molecule has 2 atom stereocenters. The first-order chi connectivity index (χ1) is 25.6. The van der Waals surface area contributed by atoms with Crippen LogP contribution in [-0.4, -0.2) is 41.8 Å². The van der Waals surface area contributed by atoms with Gasteiger partial charge in [0.1, 0.15) is 10.8 Å². The Bertz CT molecular complexity index is 2680. The van der Waals surface area contributed by atoms with Gasteiger partial charge in [-0.3, -0.25) is 14.7 Å². The molecule has 0 saturated heterocycles. The molecule has 0 bridgehead atoms. The third-order valence-corrected chi connectivity index (χ3v) is 10.8. The van der Waals surface area contributed by atoms with Crippen LogP contribution in [0.3, 0.4) is 0 Å². The second kappa shape index (κ2) is 14.2. The number of fused-ring (bicyclic) bond motifs is 6. The summed E-state index contributed by atoms with van der Waals surface area (Å²) < 4.78 is 82.1. The van der Waals surface area contributed by atoms with Gasteiger partial charge >= 0.3 is 12.4 Å². The number of thiazole rings is 2. The van der Waals surface area contributed by atoms with Crippen LogP contribution in [0.5, 0.6) is 0 Å². The molecule has 0 saturated carbocycles. The summed E-state index contributed by atoms with van der Waals surface area (Å²) in [5.41, 5.74) is 4.37. The summed E-state index contributed by atoms with van der Waals surface area (Å²) in [5.74, 6) is -1.35. The van der Waals surface area contributed by atoms with Gasteiger partial charge in [0.25, 0.3) is 5.91 Å². The highest BCUT2D eigenvalue weighted by molar-refractivity contribution is 7.23. The summed E-state index contributed by atoms with van der Waals surface area (Å²) in [6.45, 7) is 0. The fraction of sp³-hybridized carbons (Fsp3) is 0.118. The normalized spacial score (nSPS) is 13.3. The predicted octanol–water partition coefficient (Wildman–Crippen LogP) is 9.98. The van der Waals surface area contributed by atoms with Crippen molar-refractivity contribution in [1.82, 2.24) is 29.9 Å². The lowest BCUT2D eigenvalue weighted by atomic mass is 10.1. The van der Waals surface area contributed by atoms with Crippen LogP contribution in [0.15, 0.2) is 85.2 Å². The van der Waals surface area contributed by atoms with E-state index in [9.17, 15) is 35.9 Å². The van der Waals surface area contributed by atoms with Crippen molar-refractivity contribution in [2.75, 3.05) is 11.1 Å². The summed E-state index contributed by atoms with van der Waals surface area (Å²) in [6.07, 6.45) is -6.51. The second-order valence-corrected chi connectivity index (χ2v) is 14.4. The number of hydrogen-bond acceptors (Lipinski definition) is 9. The zero-order chi connectivity index (χ0) is 38.5. The minimum atomic E-state index is -4.79. The van der Waals surface area contributed by atoms with Crippen molar-refractivity contribution in [3.8, 4) is 0 Å². The van der Waals surface area contributed by atoms with E-state index in [4.69, 9.17) is 28.9 Å². The van der Waals surface area contributed by atoms with E-state index in [0.29, 0.717) is 26.7 Å². The number of nitrogens with one attached hydrogen (secondary N) is 2. The molecule has 54 heavy (non-hydrogen) atoms. The maximum Gasteiger partial charge on any atom is 0.418 e. The molecule has 4 N–H and O–H groups in total. The molecule has 0 aliphatic heterocycles. The third-order valence-electron chi connectivity index (χ3n) is 8.00. The zero-order valence-electron chi connectivity index (χ0n) is 26.7. The molecule has 2 unspecified atom stereocenters. The molecule has 276 valence electrons. The topological polar surface area (TPSA) is 144 Å². The lowest BCUT2D eigenvalue weighted by Crippen LogP contribution is -2.18. The van der Waals surface area contributed by atoms with Crippen molar-refractivity contribution in [2.45, 2.75) is 23.1 Å². The fourth-order valence-corrected chi connectivity index (χ4v) is 7.85. The lowest BCUT2D eigenvalue weighted by Gasteiger charge is -2.11. The number of halogens is 8. The van der Waals surface area contributed by atoms with Gasteiger partial charge in [-0.25, -0.2) is 9.97 Å². The minimum absolute atomic E-state index is 0.0711. The van der Waals surface area contributed by atoms with Crippen LogP contribution < -0.4 is 11.1 Å². The molecule has 4 heterocycles. The van der Waals surface area contributed by atoms with Crippen LogP contribution in [-0.2, 0) is 17.1 Å². The summed E-state index contributed by atoms with van der Waals surface area (Å²) in [4.78, 5) is 33.5. The van der Waals surface area contributed by atoms with E-state index in [1.165, 1.54) is 12.4 Å². The molecule has 0 aliphatic carbocycles. The number of alkyl halides is 8. The Kier molecular flexibility index (Phi) is 9.71. The van der Waals surface area contributed by atoms with Gasteiger partial charge < -0.3 is 11.1 Å². The maximum absolute atomic E-state index is 14.0. The first-order valence-corrected chi connectivity index (χ1v) is 17.8. The lowest BCUT2D eigenvalue weighted by molar-refractivity contribution is -0.137. The summed E-state index contributed by atoms with van der Waals surface area (Å²) in [6, 6.07) is 18.7. The largest absolute Gasteiger partial charge is 0.418 e. The summed E-state index contributed by atoms with van der Waals surface area (Å²) in [5, 5.41) is 11.4. The number of aromatic amines is 1. The van der Waals surface area contributed by atoms with Crippen LogP contribution in [0.25, 0.3) is 42.2 Å². The van der Waals surface area contributed by atoms with E-state index in [1.807, 2.05) is 0 Å². The van der Waals surface area contributed by atoms with Gasteiger partial charge in [0.05, 0.1) is 55.0 Å². The van der Waals surface area contributed by atoms with Crippen molar-refractivity contribution in [3.63, 3.8) is 0 Å². The Morgan fingerprint density at radius 2 is 1.35 bits per heavy atom. The number of carbonyl (C=O) groups is 2. The monoisotopic (exact) mass is 820 g/mol. The van der Waals surface area contributed by atoms with Gasteiger partial charge in [-0.1, -0.05) is 83.3 Å². The molecular formula is C34H20Cl2F6N8O2S2. The van der Waals surface area contributed by atoms with E-state index in [1.54, 1.807) is 60.7 Å². The number of benzene rings is 4. The predicted molar refractivity (Wildman–Crippen MR) is 196 cm³/mol. The van der Waals surface area contributed by atoms with E-state index >= 15 is 0 Å². The molecule has 20 heteroatoms. The number of carbonyl (C=O) groups excluding carboxylic acids is 2. The Morgan fingerprint density at radius 1 is 0.778 bits per heavy atom. The second-order valence-electron chi connectivity index (χ2n) is 11.5. The summed E-state index contributed by atoms with van der Waals surface area (Å²) in [7, 11) is 0. The molecule has 1 amide bonds. The Labute approximate surface area is 316 Å². The Hall–Kier alpha value is -5.30. The number of rotatable bonds is 5. The number of hydrogen-bond donors (Lipinski definition) is 3. The molecule has 4 aromatic carbocycles. The number of nitrogen functional groups attached to an aromatic ring is 1. The third kappa shape index (κ3) is 7.04. The highest BCUT2D eigenvalue weighted by Crippen LogP contribution is 2.43. The molecule has 0 fully saturated rings. The van der Waals surface area contributed by atoms with Crippen LogP contribution >= 0.6 is 45.9 Å². The highest BCUT2D eigenvalue weighted by atomic mass is 35.5. The van der Waals surface area contributed by atoms with Crippen LogP contribution in [0.4, 0.5) is 36.6 Å². The molecule has 0 spiro atoms. The maximum atomic E-state index is 14.0. The number of aromatic nitrogens is 6. The van der Waals surface area contributed by atoms with Gasteiger partial charge in [0.2, 0.25) is 5.91 Å². The highest BCUT2D eigenvalue weighted by Gasteiger charge is 2.37. The number of nitrogens with two attached hydrogens (primary N) is 1. The first kappa shape index (κ1) is 37.0. The minimum Gasteiger partial charge on any atom is -0.375 e. The average molecular weight is 822 g/mol. The number of nitrogens with zero attached hydrogens (tertiary/aromatic N) is 5. The van der Waals surface area contributed by atoms with Crippen molar-refractivity contribution in [3.05, 3.63) is 107 Å². The molecule has 4 aromatic heterocycles. The van der Waals surface area contributed by atoms with Crippen molar-refractivity contribution in [2.24, 2.45) is 0 Å². The Morgan fingerprint density at radius 3 is 1.98 bits per heavy atom. The molecule has 8 aromatic rings. The molecule has 8 rings (SSSR count). The Balaban J connectivity index is 0.000000219. The van der Waals surface area contributed by atoms with Gasteiger partial charge in [-0.15, -0.1) is 23.2 Å². The first-order valence-electron chi connectivity index (χ1n) is 15.3. The van der Waals surface area contributed by atoms with Crippen molar-refractivity contribution in [1.29, 1.82) is 0 Å². The molecular weight excluding hydrogens is 801 g/mol. The SMILES string of the molecule is Nc1nc2c(C(F)(F)F)cc3[nH]ncc3c2s1.O=C(Nc1nc2c(C(F)(F)F)cc3c(cnn3C(=O)C(Cl)c3ccccc3)c2s1)C(Cl)c1ccccc1. The standard InChI is InChI=1S/C25H15Cl2F3N4O2S.C9H5F3N4S/c26-18(13-7-3-1-4-8-13)22(35)33-24-32-20-16(25(28,29)30)11-17-15(21(20)37-24)12-31-34(17)23(36)19(27)14-9-5-2-6-10-14;10-9(11,12)4-1-5-3(2-14-16-5)7-6(4)15-8(13)17-7/h1-12,18-19H,(H,32,33,35);1-2H,(H2,13,15)(H,14,16). The van der Waals surface area contributed by atoms with Crippen LogP contribution in [0.1, 0.15) is 37.8 Å². The quantitative estimate of drug-likeness (QED) is 0.116. The zero-order valence-corrected chi connectivity index (χ0v) is 29.9. The molecule has 10 nitrogen and oxygen atoms in total. The van der Waals surface area contributed by atoms with Gasteiger partial charge in [0, 0.05) is 10.8 Å².